The van der Waals surface area contributed by atoms with Gasteiger partial charge in [0.2, 0.25) is 0 Å². The second-order valence-corrected chi connectivity index (χ2v) is 26.8. The third-order valence-corrected chi connectivity index (χ3v) is 17.2. The van der Waals surface area contributed by atoms with Crippen molar-refractivity contribution in [2.75, 3.05) is 9.80 Å². The molecule has 0 amide bonds. The first-order valence-electron chi connectivity index (χ1n) is 27.5. The minimum absolute atomic E-state index is 0.0167. The molecule has 0 radical (unpaired) electrons. The summed E-state index contributed by atoms with van der Waals surface area (Å²) in [6.07, 6.45) is 0. The Morgan fingerprint density at radius 2 is 1.03 bits per heavy atom. The van der Waals surface area contributed by atoms with Crippen molar-refractivity contribution in [2.45, 2.75) is 138 Å². The molecule has 0 saturated heterocycles. The second-order valence-electron chi connectivity index (χ2n) is 26.8. The van der Waals surface area contributed by atoms with Crippen LogP contribution >= 0.6 is 0 Å². The summed E-state index contributed by atoms with van der Waals surface area (Å²) in [5, 5.41) is 1.36. The number of para-hydroxylation sites is 1. The Hall–Kier alpha value is -7.04. The largest absolute Gasteiger partial charge is 0.311 e. The maximum atomic E-state index is 2.70. The van der Waals surface area contributed by atoms with Gasteiger partial charge < -0.3 is 14.4 Å². The van der Waals surface area contributed by atoms with E-state index in [0.717, 1.165) is 5.69 Å². The quantitative estimate of drug-likeness (QED) is 0.159. The van der Waals surface area contributed by atoms with E-state index in [1.807, 2.05) is 0 Å². The molecule has 3 heterocycles. The van der Waals surface area contributed by atoms with E-state index in [-0.39, 0.29) is 33.8 Å². The van der Waals surface area contributed by atoms with E-state index in [1.54, 1.807) is 0 Å². The van der Waals surface area contributed by atoms with Gasteiger partial charge in [0.25, 0.3) is 6.71 Å². The molecule has 4 heteroatoms. The van der Waals surface area contributed by atoms with Crippen LogP contribution in [0, 0.1) is 13.8 Å². The number of rotatable bonds is 5. The number of aryl methyl sites for hydroxylation is 2. The number of fused-ring (bicyclic) bond motifs is 9. The fourth-order valence-corrected chi connectivity index (χ4v) is 13.0. The summed E-state index contributed by atoms with van der Waals surface area (Å²) in [7, 11) is 0. The van der Waals surface area contributed by atoms with Crippen LogP contribution in [0.5, 0.6) is 0 Å². The van der Waals surface area contributed by atoms with E-state index in [0.29, 0.717) is 0 Å². The Morgan fingerprint density at radius 1 is 0.453 bits per heavy atom. The SMILES string of the molecule is Cc1cc(C(C)(C)C)ccc1N(c1ccc2c(c1)N(c1ccc(C(C)(C)C)cc1-c1ccccc1)c1cc(C(C)(C)C)cc3c1B2c1cccc2c4c(n-3c12)-c1ccccc1C4(C)C)c1ccc(C(C)(C)C)cc1C. The van der Waals surface area contributed by atoms with Gasteiger partial charge in [-0.05, 0) is 150 Å². The van der Waals surface area contributed by atoms with Crippen molar-refractivity contribution >= 4 is 68.1 Å². The average Bonchev–Trinajstić information content (AvgIpc) is 3.95. The number of hydrogen-bond acceptors (Lipinski definition) is 2. The standard InChI is InChI=1S/C71H74BN3/c1-43-37-46(67(3,4)5)29-34-57(43)73(58-35-30-47(38-44(58)2)68(6,7)8)50-32-33-55-60(42-50)74(59-36-31-48(69(9,10)11)39-53(59)45-23-18-17-19-24-45)61-40-49(70(12,13)14)41-62-64(61)72(55)56-28-22-26-52-63-66(75(62)65(52)56)51-25-20-21-27-54(51)71(63,15)16/h17-42H,1-16H3. The molecular formula is C71H74BN3. The minimum atomic E-state index is -0.174. The maximum absolute atomic E-state index is 2.70. The van der Waals surface area contributed by atoms with Crippen LogP contribution in [0.4, 0.5) is 34.1 Å². The van der Waals surface area contributed by atoms with Crippen molar-refractivity contribution in [1.29, 1.82) is 0 Å². The predicted octanol–water partition coefficient (Wildman–Crippen LogP) is 17.5. The molecule has 376 valence electrons. The molecule has 0 bridgehead atoms. The van der Waals surface area contributed by atoms with Gasteiger partial charge in [-0.25, -0.2) is 0 Å². The molecule has 0 N–H and O–H groups in total. The van der Waals surface area contributed by atoms with Gasteiger partial charge in [0.1, 0.15) is 0 Å². The molecule has 3 nitrogen and oxygen atoms in total. The van der Waals surface area contributed by atoms with Crippen molar-refractivity contribution in [3.8, 4) is 28.1 Å². The van der Waals surface area contributed by atoms with Crippen molar-refractivity contribution in [3.05, 3.63) is 202 Å². The average molecular weight is 980 g/mol. The number of aromatic nitrogens is 1. The van der Waals surface area contributed by atoms with E-state index in [1.165, 1.54) is 128 Å². The highest BCUT2D eigenvalue weighted by atomic mass is 15.2. The molecular weight excluding hydrogens is 906 g/mol. The Bertz CT molecular complexity index is 3750. The second kappa shape index (κ2) is 16.5. The molecule has 0 fully saturated rings. The Balaban J connectivity index is 1.22. The zero-order valence-electron chi connectivity index (χ0n) is 47.4. The predicted molar refractivity (Wildman–Crippen MR) is 325 cm³/mol. The number of nitrogens with zero attached hydrogens (tertiary/aromatic N) is 3. The van der Waals surface area contributed by atoms with Crippen LogP contribution in [0.1, 0.15) is 141 Å². The number of benzene rings is 8. The topological polar surface area (TPSA) is 11.4 Å². The first kappa shape index (κ1) is 48.9. The molecule has 0 spiro atoms. The molecule has 1 aromatic heterocycles. The molecule has 0 saturated carbocycles. The lowest BCUT2D eigenvalue weighted by atomic mass is 9.33. The van der Waals surface area contributed by atoms with Crippen LogP contribution in [-0.4, -0.2) is 11.3 Å². The summed E-state index contributed by atoms with van der Waals surface area (Å²) in [5.74, 6) is 0. The number of anilines is 6. The first-order valence-corrected chi connectivity index (χ1v) is 27.5. The van der Waals surface area contributed by atoms with E-state index in [4.69, 9.17) is 0 Å². The number of hydrogen-bond donors (Lipinski definition) is 0. The van der Waals surface area contributed by atoms with E-state index in [2.05, 4.69) is 283 Å². The summed E-state index contributed by atoms with van der Waals surface area (Å²) in [6.45, 7) is 37.5. The zero-order chi connectivity index (χ0) is 53.1. The fourth-order valence-electron chi connectivity index (χ4n) is 13.0. The smallest absolute Gasteiger partial charge is 0.252 e. The molecule has 9 aromatic rings. The van der Waals surface area contributed by atoms with Crippen molar-refractivity contribution in [1.82, 2.24) is 4.57 Å². The highest BCUT2D eigenvalue weighted by Gasteiger charge is 2.48. The van der Waals surface area contributed by atoms with Crippen LogP contribution in [0.3, 0.4) is 0 Å². The zero-order valence-corrected chi connectivity index (χ0v) is 47.4. The van der Waals surface area contributed by atoms with Gasteiger partial charge in [0.05, 0.1) is 11.4 Å². The summed E-state index contributed by atoms with van der Waals surface area (Å²) in [6, 6.07) is 61.6. The summed E-state index contributed by atoms with van der Waals surface area (Å²) in [5.41, 5.74) is 29.2. The van der Waals surface area contributed by atoms with Gasteiger partial charge in [-0.3, -0.25) is 0 Å². The molecule has 8 aromatic carbocycles. The summed E-state index contributed by atoms with van der Waals surface area (Å²) in [4.78, 5) is 5.22. The monoisotopic (exact) mass is 980 g/mol. The third kappa shape index (κ3) is 7.51. The maximum Gasteiger partial charge on any atom is 0.252 e. The fraction of sp³-hybridized carbons (Fsp3) is 0.296. The van der Waals surface area contributed by atoms with Crippen molar-refractivity contribution in [2.24, 2.45) is 0 Å². The lowest BCUT2D eigenvalue weighted by molar-refractivity contribution is 0.589. The van der Waals surface area contributed by atoms with Gasteiger partial charge in [0, 0.05) is 61.6 Å². The van der Waals surface area contributed by atoms with Gasteiger partial charge >= 0.3 is 0 Å². The van der Waals surface area contributed by atoms with E-state index >= 15 is 0 Å². The highest BCUT2D eigenvalue weighted by molar-refractivity contribution is 7.00. The molecule has 0 unspecified atom stereocenters. The van der Waals surface area contributed by atoms with Crippen LogP contribution in [0.25, 0.3) is 39.0 Å². The van der Waals surface area contributed by atoms with Gasteiger partial charge in [-0.2, -0.15) is 0 Å². The summed E-state index contributed by atoms with van der Waals surface area (Å²) >= 11 is 0. The van der Waals surface area contributed by atoms with Gasteiger partial charge in [-0.15, -0.1) is 0 Å². The van der Waals surface area contributed by atoms with Crippen LogP contribution < -0.4 is 26.2 Å². The van der Waals surface area contributed by atoms with E-state index in [9.17, 15) is 0 Å². The Morgan fingerprint density at radius 3 is 1.64 bits per heavy atom. The van der Waals surface area contributed by atoms with Gasteiger partial charge in [0.15, 0.2) is 0 Å². The normalized spacial score (nSPS) is 14.5. The van der Waals surface area contributed by atoms with E-state index < -0.39 is 0 Å². The molecule has 12 rings (SSSR count). The summed E-state index contributed by atoms with van der Waals surface area (Å²) < 4.78 is 2.70. The molecule has 0 atom stereocenters. The third-order valence-electron chi connectivity index (χ3n) is 17.2. The van der Waals surface area contributed by atoms with Crippen LogP contribution in [0.15, 0.2) is 158 Å². The Kier molecular flexibility index (Phi) is 10.7. The minimum Gasteiger partial charge on any atom is -0.311 e. The Labute approximate surface area is 448 Å². The highest BCUT2D eigenvalue weighted by Crippen LogP contribution is 2.56. The van der Waals surface area contributed by atoms with Gasteiger partial charge in [-0.1, -0.05) is 206 Å². The lowest BCUT2D eigenvalue weighted by Gasteiger charge is -2.43. The molecule has 1 aliphatic carbocycles. The van der Waals surface area contributed by atoms with Crippen LogP contribution in [0.2, 0.25) is 0 Å². The van der Waals surface area contributed by atoms with Crippen LogP contribution in [-0.2, 0) is 27.1 Å². The molecule has 75 heavy (non-hydrogen) atoms. The van der Waals surface area contributed by atoms with Crippen molar-refractivity contribution in [3.63, 3.8) is 0 Å². The molecule has 2 aliphatic heterocycles. The molecule has 3 aliphatic rings. The first-order chi connectivity index (χ1) is 35.3. The van der Waals surface area contributed by atoms with Crippen molar-refractivity contribution < 1.29 is 0 Å². The lowest BCUT2D eigenvalue weighted by Crippen LogP contribution is -2.60.